The fourth-order valence-electron chi connectivity index (χ4n) is 3.24. The maximum absolute atomic E-state index is 15.3. The van der Waals surface area contributed by atoms with Crippen molar-refractivity contribution in [1.82, 2.24) is 0 Å². The first-order valence-corrected chi connectivity index (χ1v) is 10.2. The number of hydrogen-bond donors (Lipinski definition) is 0. The molecule has 0 saturated carbocycles. The Kier molecular flexibility index (Phi) is 7.11. The highest BCUT2D eigenvalue weighted by Gasteiger charge is 2.20. The summed E-state index contributed by atoms with van der Waals surface area (Å²) in [6, 6.07) is 17.1. The molecule has 3 aromatic carbocycles. The minimum absolute atomic E-state index is 0.0273. The fraction of sp³-hybridized carbons (Fsp3) is 0.208. The van der Waals surface area contributed by atoms with Crippen molar-refractivity contribution in [2.45, 2.75) is 20.0 Å². The van der Waals surface area contributed by atoms with Gasteiger partial charge in [-0.05, 0) is 69.9 Å². The van der Waals surface area contributed by atoms with Gasteiger partial charge in [0.25, 0.3) is 0 Å². The van der Waals surface area contributed by atoms with E-state index in [1.807, 2.05) is 60.4 Å². The van der Waals surface area contributed by atoms with Crippen LogP contribution >= 0.6 is 15.9 Å². The molecule has 0 unspecified atom stereocenters. The Morgan fingerprint density at radius 1 is 0.933 bits per heavy atom. The van der Waals surface area contributed by atoms with Gasteiger partial charge in [0, 0.05) is 17.6 Å². The van der Waals surface area contributed by atoms with Crippen molar-refractivity contribution in [1.29, 1.82) is 0 Å². The Labute approximate surface area is 184 Å². The van der Waals surface area contributed by atoms with Crippen molar-refractivity contribution in [2.75, 3.05) is 19.1 Å². The Morgan fingerprint density at radius 3 is 1.80 bits per heavy atom. The Morgan fingerprint density at radius 2 is 1.40 bits per heavy atom. The number of aryl methyl sites for hydroxylation is 1. The minimum atomic E-state index is -0.538. The molecule has 0 fully saturated rings. The van der Waals surface area contributed by atoms with Crippen LogP contribution in [0.4, 0.5) is 10.1 Å². The van der Waals surface area contributed by atoms with Gasteiger partial charge in [-0.2, -0.15) is 0 Å². The fourth-order valence-corrected chi connectivity index (χ4v) is 3.62. The second-order valence-corrected chi connectivity index (χ2v) is 7.72. The number of hydrogen-bond acceptors (Lipinski definition) is 4. The van der Waals surface area contributed by atoms with E-state index < -0.39 is 5.82 Å². The normalized spacial score (nSPS) is 10.6. The van der Waals surface area contributed by atoms with Gasteiger partial charge in [0.15, 0.2) is 12.1 Å². The Balaban J connectivity index is 2.01. The lowest BCUT2D eigenvalue weighted by Crippen LogP contribution is -2.24. The van der Waals surface area contributed by atoms with Crippen LogP contribution in [0.1, 0.15) is 27.0 Å². The number of anilines is 1. The van der Waals surface area contributed by atoms with Crippen LogP contribution in [0.15, 0.2) is 59.1 Å². The van der Waals surface area contributed by atoms with Crippen molar-refractivity contribution >= 4 is 27.9 Å². The first-order valence-electron chi connectivity index (χ1n) is 9.41. The monoisotopic (exact) mass is 471 g/mol. The van der Waals surface area contributed by atoms with Crippen molar-refractivity contribution in [3.8, 4) is 11.5 Å². The highest BCUT2D eigenvalue weighted by Crippen LogP contribution is 2.33. The molecule has 4 nitrogen and oxygen atoms in total. The summed E-state index contributed by atoms with van der Waals surface area (Å²) in [5.41, 5.74) is 3.20. The van der Waals surface area contributed by atoms with E-state index in [2.05, 4.69) is 15.9 Å². The third kappa shape index (κ3) is 4.82. The molecule has 0 bridgehead atoms. The maximum atomic E-state index is 15.3. The number of nitrogens with zero attached hydrogens (tertiary/aromatic N) is 1. The summed E-state index contributed by atoms with van der Waals surface area (Å²) < 4.78 is 26.2. The van der Waals surface area contributed by atoms with Gasteiger partial charge in [-0.25, -0.2) is 4.39 Å². The Hall–Kier alpha value is -2.86. The quantitative estimate of drug-likeness (QED) is 0.381. The topological polar surface area (TPSA) is 38.8 Å². The van der Waals surface area contributed by atoms with Crippen LogP contribution < -0.4 is 14.4 Å². The van der Waals surface area contributed by atoms with E-state index in [1.54, 1.807) is 20.3 Å². The van der Waals surface area contributed by atoms with Crippen LogP contribution in [0.25, 0.3) is 0 Å². The largest absolute Gasteiger partial charge is 0.497 e. The lowest BCUT2D eigenvalue weighted by molar-refractivity contribution is 0.111. The number of halogens is 2. The van der Waals surface area contributed by atoms with Crippen LogP contribution in [0, 0.1) is 12.7 Å². The molecule has 0 aliphatic heterocycles. The number of aldehydes is 1. The van der Waals surface area contributed by atoms with Gasteiger partial charge in [-0.1, -0.05) is 24.3 Å². The minimum Gasteiger partial charge on any atom is -0.497 e. The summed E-state index contributed by atoms with van der Waals surface area (Å²) in [5, 5.41) is 0. The molecule has 3 rings (SSSR count). The van der Waals surface area contributed by atoms with Crippen LogP contribution in [-0.2, 0) is 13.1 Å². The van der Waals surface area contributed by atoms with Crippen molar-refractivity contribution in [3.63, 3.8) is 0 Å². The molecular formula is C24H23BrFNO3. The van der Waals surface area contributed by atoms with Gasteiger partial charge < -0.3 is 14.4 Å². The van der Waals surface area contributed by atoms with Crippen molar-refractivity contribution in [3.05, 3.63) is 87.1 Å². The van der Waals surface area contributed by atoms with Gasteiger partial charge >= 0.3 is 0 Å². The molecule has 0 spiro atoms. The van der Waals surface area contributed by atoms with Crippen LogP contribution in [0.2, 0.25) is 0 Å². The smallest absolute Gasteiger partial charge is 0.158 e. The number of benzene rings is 3. The summed E-state index contributed by atoms with van der Waals surface area (Å²) in [5.74, 6) is 0.980. The van der Waals surface area contributed by atoms with Gasteiger partial charge in [0.05, 0.1) is 25.5 Å². The number of carbonyl (C=O) groups excluding carboxylic acids is 1. The van der Waals surface area contributed by atoms with Crippen LogP contribution in [0.5, 0.6) is 11.5 Å². The third-order valence-electron chi connectivity index (χ3n) is 4.92. The average Bonchev–Trinajstić information content (AvgIpc) is 2.77. The summed E-state index contributed by atoms with van der Waals surface area (Å²) >= 11 is 3.32. The third-order valence-corrected chi connectivity index (χ3v) is 5.97. The first kappa shape index (κ1) is 21.8. The number of rotatable bonds is 8. The molecule has 3 aromatic rings. The van der Waals surface area contributed by atoms with E-state index in [0.717, 1.165) is 28.2 Å². The first-order chi connectivity index (χ1) is 14.5. The van der Waals surface area contributed by atoms with Crippen LogP contribution in [-0.4, -0.2) is 20.5 Å². The molecule has 0 aliphatic carbocycles. The lowest BCUT2D eigenvalue weighted by Gasteiger charge is -2.27. The molecule has 0 N–H and O–H groups in total. The predicted molar refractivity (Wildman–Crippen MR) is 120 cm³/mol. The summed E-state index contributed by atoms with van der Waals surface area (Å²) in [6.45, 7) is 2.78. The summed E-state index contributed by atoms with van der Waals surface area (Å²) in [7, 11) is 3.23. The van der Waals surface area contributed by atoms with Crippen molar-refractivity contribution in [2.24, 2.45) is 0 Å². The molecule has 0 atom stereocenters. The molecule has 0 aliphatic rings. The van der Waals surface area contributed by atoms with Gasteiger partial charge in [0.1, 0.15) is 11.5 Å². The molecule has 156 valence electrons. The van der Waals surface area contributed by atoms with Gasteiger partial charge in [-0.3, -0.25) is 4.79 Å². The predicted octanol–water partition coefficient (Wildman–Crippen LogP) is 5.93. The molecule has 0 heterocycles. The average molecular weight is 472 g/mol. The standard InChI is InChI=1S/C24H23BrFNO3/c1-16-12-22(24(26)21(15-28)23(16)25)27(13-17-4-8-19(29-2)9-5-17)14-18-6-10-20(30-3)11-7-18/h4-12,15H,13-14H2,1-3H3. The highest BCUT2D eigenvalue weighted by atomic mass is 79.9. The molecule has 0 aromatic heterocycles. The molecule has 6 heteroatoms. The summed E-state index contributed by atoms with van der Waals surface area (Å²) in [6.07, 6.45) is 0.550. The molecule has 0 amide bonds. The molecular weight excluding hydrogens is 449 g/mol. The second kappa shape index (κ2) is 9.76. The zero-order valence-electron chi connectivity index (χ0n) is 17.1. The number of methoxy groups -OCH3 is 2. The maximum Gasteiger partial charge on any atom is 0.158 e. The lowest BCUT2D eigenvalue weighted by atomic mass is 10.1. The van der Waals surface area contributed by atoms with Crippen molar-refractivity contribution < 1.29 is 18.7 Å². The van der Waals surface area contributed by atoms with E-state index in [0.29, 0.717) is 29.5 Å². The van der Waals surface area contributed by atoms with Gasteiger partial charge in [-0.15, -0.1) is 0 Å². The molecule has 0 radical (unpaired) electrons. The van der Waals surface area contributed by atoms with E-state index >= 15 is 4.39 Å². The second-order valence-electron chi connectivity index (χ2n) is 6.92. The van der Waals surface area contributed by atoms with Gasteiger partial charge in [0.2, 0.25) is 0 Å². The van der Waals surface area contributed by atoms with Crippen LogP contribution in [0.3, 0.4) is 0 Å². The Bertz CT molecular complexity index is 971. The molecule has 0 saturated heterocycles. The highest BCUT2D eigenvalue weighted by molar-refractivity contribution is 9.10. The molecule has 30 heavy (non-hydrogen) atoms. The zero-order valence-corrected chi connectivity index (χ0v) is 18.7. The zero-order chi connectivity index (χ0) is 21.7. The summed E-state index contributed by atoms with van der Waals surface area (Å²) in [4.78, 5) is 13.4. The van der Waals surface area contributed by atoms with E-state index in [1.165, 1.54) is 0 Å². The number of ether oxygens (including phenoxy) is 2. The SMILES string of the molecule is COc1ccc(CN(Cc2ccc(OC)cc2)c2cc(C)c(Br)c(C=O)c2F)cc1. The number of carbonyl (C=O) groups is 1. The van der Waals surface area contributed by atoms with E-state index in [-0.39, 0.29) is 5.56 Å². The van der Waals surface area contributed by atoms with E-state index in [9.17, 15) is 4.79 Å². The van der Waals surface area contributed by atoms with E-state index in [4.69, 9.17) is 9.47 Å².